The van der Waals surface area contributed by atoms with E-state index in [1.165, 1.54) is 38.9 Å². The number of rotatable bonds is 6. The molecule has 0 aliphatic heterocycles. The maximum atomic E-state index is 8.61. The number of nitrogens with one attached hydrogen (secondary N) is 1. The summed E-state index contributed by atoms with van der Waals surface area (Å²) in [5, 5.41) is 0. The van der Waals surface area contributed by atoms with E-state index in [1.807, 2.05) is 0 Å². The van der Waals surface area contributed by atoms with E-state index in [1.54, 1.807) is 4.90 Å². The Kier molecular flexibility index (Phi) is 12.1. The molecular weight excluding hydrogens is 287 g/mol. The first kappa shape index (κ1) is 17.3. The van der Waals surface area contributed by atoms with Crippen molar-refractivity contribution in [1.82, 2.24) is 0 Å². The van der Waals surface area contributed by atoms with E-state index in [2.05, 4.69) is 20.8 Å². The summed E-state index contributed by atoms with van der Waals surface area (Å²) >= 11 is -5.86. The van der Waals surface area contributed by atoms with E-state index in [0.29, 0.717) is 0 Å². The van der Waals surface area contributed by atoms with Crippen molar-refractivity contribution in [3.63, 3.8) is 0 Å². The standard InChI is InChI=1S/C9H21N.4O.Ru/c1-4-7-10(8-5-2)9-6-3;;;;;/h4-9H2,1-3H3;;;;;/q;;;;-1;/p+1. The minimum atomic E-state index is -5.86. The second-order valence-corrected chi connectivity index (χ2v) is 5.09. The molecule has 0 bridgehead atoms. The Morgan fingerprint density at radius 2 is 1.07 bits per heavy atom. The summed E-state index contributed by atoms with van der Waals surface area (Å²) in [7, 11) is 0. The van der Waals surface area contributed by atoms with Crippen molar-refractivity contribution in [2.75, 3.05) is 19.6 Å². The zero-order chi connectivity index (χ0) is 12.3. The summed E-state index contributed by atoms with van der Waals surface area (Å²) in [6, 6.07) is 0. The van der Waals surface area contributed by atoms with Crippen LogP contribution in [0.1, 0.15) is 40.0 Å². The molecule has 0 aromatic carbocycles. The number of hydrogen-bond acceptors (Lipinski definition) is 4. The van der Waals surface area contributed by atoms with Crippen LogP contribution < -0.4 is 8.83 Å². The molecule has 95 valence electrons. The van der Waals surface area contributed by atoms with Crippen LogP contribution in [0.4, 0.5) is 0 Å². The van der Waals surface area contributed by atoms with Crippen LogP contribution in [0.15, 0.2) is 0 Å². The van der Waals surface area contributed by atoms with Gasteiger partial charge in [0.15, 0.2) is 0 Å². The van der Waals surface area contributed by atoms with Crippen molar-refractivity contribution in [3.8, 4) is 0 Å². The van der Waals surface area contributed by atoms with Crippen LogP contribution in [0.25, 0.3) is 0 Å². The molecule has 5 nitrogen and oxygen atoms in total. The first-order valence-electron chi connectivity index (χ1n) is 5.26. The summed E-state index contributed by atoms with van der Waals surface area (Å²) in [4.78, 5) is 1.78. The molecule has 0 atom stereocenters. The Balaban J connectivity index is 0. The van der Waals surface area contributed by atoms with E-state index in [-0.39, 0.29) is 0 Å². The van der Waals surface area contributed by atoms with Crippen LogP contribution in [-0.4, -0.2) is 19.6 Å². The molecule has 6 heteroatoms. The van der Waals surface area contributed by atoms with Gasteiger partial charge in [-0.3, -0.25) is 0 Å². The quantitative estimate of drug-likeness (QED) is 0.674. The van der Waals surface area contributed by atoms with Crippen LogP contribution in [0.2, 0.25) is 0 Å². The van der Waals surface area contributed by atoms with Gasteiger partial charge in [-0.1, -0.05) is 20.8 Å². The van der Waals surface area contributed by atoms with E-state index in [4.69, 9.17) is 14.7 Å². The van der Waals surface area contributed by atoms with E-state index in [0.717, 1.165) is 0 Å². The third-order valence-electron chi connectivity index (χ3n) is 1.81. The summed E-state index contributed by atoms with van der Waals surface area (Å²) in [6.07, 6.45) is 3.99. The fraction of sp³-hybridized carbons (Fsp3) is 1.00. The van der Waals surface area contributed by atoms with Gasteiger partial charge in [0.1, 0.15) is 0 Å². The third-order valence-corrected chi connectivity index (χ3v) is 1.81. The van der Waals surface area contributed by atoms with Gasteiger partial charge in [0, 0.05) is 0 Å². The Morgan fingerprint density at radius 3 is 1.20 bits per heavy atom. The van der Waals surface area contributed by atoms with E-state index < -0.39 is 15.0 Å². The Hall–Kier alpha value is -0.0566. The summed E-state index contributed by atoms with van der Waals surface area (Å²) in [5.41, 5.74) is 0. The predicted octanol–water partition coefficient (Wildman–Crippen LogP) is -0.447. The average Bonchev–Trinajstić information content (AvgIpc) is 2.02. The second kappa shape index (κ2) is 10.5. The van der Waals surface area contributed by atoms with Crippen molar-refractivity contribution in [2.24, 2.45) is 0 Å². The first-order chi connectivity index (χ1) is 6.85. The van der Waals surface area contributed by atoms with Gasteiger partial charge in [-0.2, -0.15) is 0 Å². The normalized spacial score (nSPS) is 11.0. The summed E-state index contributed by atoms with van der Waals surface area (Å²) in [5.74, 6) is 0. The molecule has 0 radical (unpaired) electrons. The van der Waals surface area contributed by atoms with E-state index in [9.17, 15) is 0 Å². The molecule has 15 heavy (non-hydrogen) atoms. The van der Waals surface area contributed by atoms with Gasteiger partial charge < -0.3 is 4.90 Å². The molecule has 0 aromatic rings. The van der Waals surface area contributed by atoms with Crippen molar-refractivity contribution >= 4 is 0 Å². The van der Waals surface area contributed by atoms with Crippen LogP contribution in [0, 0.1) is 0 Å². The van der Waals surface area contributed by atoms with Gasteiger partial charge in [0.25, 0.3) is 0 Å². The van der Waals surface area contributed by atoms with Gasteiger partial charge in [0.2, 0.25) is 0 Å². The second-order valence-electron chi connectivity index (χ2n) is 3.35. The molecular formula is C9H22NO4Ru. The minimum absolute atomic E-state index is 1.33. The monoisotopic (exact) mass is 310 g/mol. The van der Waals surface area contributed by atoms with Crippen molar-refractivity contribution in [1.29, 1.82) is 0 Å². The molecule has 0 fully saturated rings. The molecule has 0 aromatic heterocycles. The molecule has 0 unspecified atom stereocenters. The van der Waals surface area contributed by atoms with Crippen LogP contribution in [0.5, 0.6) is 0 Å². The molecule has 0 spiro atoms. The fourth-order valence-electron chi connectivity index (χ4n) is 1.44. The molecule has 0 saturated carbocycles. The van der Waals surface area contributed by atoms with Gasteiger partial charge in [0.05, 0.1) is 19.6 Å². The topological polar surface area (TPSA) is 78.7 Å². The van der Waals surface area contributed by atoms with E-state index >= 15 is 0 Å². The van der Waals surface area contributed by atoms with Crippen LogP contribution >= 0.6 is 0 Å². The summed E-state index contributed by atoms with van der Waals surface area (Å²) in [6.45, 7) is 10.9. The Morgan fingerprint density at radius 1 is 0.867 bits per heavy atom. The number of quaternary nitrogens is 1. The fourth-order valence-corrected chi connectivity index (χ4v) is 1.44. The van der Waals surface area contributed by atoms with Gasteiger partial charge in [-0.15, -0.1) is 0 Å². The Labute approximate surface area is 94.5 Å². The van der Waals surface area contributed by atoms with Crippen LogP contribution in [0.3, 0.4) is 0 Å². The molecule has 1 N–H and O–H groups in total. The first-order valence-corrected chi connectivity index (χ1v) is 8.10. The molecule has 0 heterocycles. The molecule has 0 amide bonds. The third kappa shape index (κ3) is 24.9. The summed E-state index contributed by atoms with van der Waals surface area (Å²) < 4.78 is 34.4. The predicted molar refractivity (Wildman–Crippen MR) is 48.5 cm³/mol. The SMILES string of the molecule is CCC[NH+](CCC)CCC.[O]=[Ru](=[O])(=[O])[O-]. The van der Waals surface area contributed by atoms with Crippen molar-refractivity contribution in [2.45, 2.75) is 40.0 Å². The molecule has 0 rings (SSSR count). The molecule has 0 aliphatic rings. The zero-order valence-corrected chi connectivity index (χ0v) is 11.5. The van der Waals surface area contributed by atoms with Gasteiger partial charge in [-0.25, -0.2) is 0 Å². The molecule has 0 aliphatic carbocycles. The van der Waals surface area contributed by atoms with Crippen LogP contribution in [-0.2, 0) is 25.7 Å². The van der Waals surface area contributed by atoms with Gasteiger partial charge in [-0.05, 0) is 19.3 Å². The maximum absolute atomic E-state index is 8.61. The zero-order valence-electron chi connectivity index (χ0n) is 9.73. The van der Waals surface area contributed by atoms with Gasteiger partial charge >= 0.3 is 29.6 Å². The van der Waals surface area contributed by atoms with Crippen molar-refractivity contribution < 1.29 is 34.5 Å². The Bertz CT molecular complexity index is 239. The molecule has 0 saturated heterocycles. The van der Waals surface area contributed by atoms with Crippen molar-refractivity contribution in [3.05, 3.63) is 0 Å². The number of hydrogen-bond donors (Lipinski definition) is 1. The average molecular weight is 309 g/mol.